The van der Waals surface area contributed by atoms with Crippen LogP contribution in [0.25, 0.3) is 0 Å². The van der Waals surface area contributed by atoms with Crippen molar-refractivity contribution in [2.45, 2.75) is 45.1 Å². The Morgan fingerprint density at radius 3 is 2.54 bits per heavy atom. The van der Waals surface area contributed by atoms with Gasteiger partial charge in [0.1, 0.15) is 0 Å². The lowest BCUT2D eigenvalue weighted by molar-refractivity contribution is -0.389. The number of nitro groups is 1. The number of aliphatic hydroxyl groups is 1. The molecule has 0 bridgehead atoms. The second kappa shape index (κ2) is 5.54. The Morgan fingerprint density at radius 2 is 2.08 bits per heavy atom. The highest BCUT2D eigenvalue weighted by Gasteiger charge is 2.63. The van der Waals surface area contributed by atoms with Gasteiger partial charge in [0.2, 0.25) is 0 Å². The van der Waals surface area contributed by atoms with Crippen LogP contribution in [0.15, 0.2) is 11.2 Å². The number of rotatable bonds is 3. The molecule has 132 valence electrons. The molecule has 24 heavy (non-hydrogen) atoms. The van der Waals surface area contributed by atoms with Crippen molar-refractivity contribution in [2.75, 3.05) is 0 Å². The summed E-state index contributed by atoms with van der Waals surface area (Å²) in [6, 6.07) is -0.250. The number of hydrogen-bond donors (Lipinski definition) is 1. The van der Waals surface area contributed by atoms with Crippen molar-refractivity contribution in [2.24, 2.45) is 5.10 Å². The zero-order valence-electron chi connectivity index (χ0n) is 12.9. The quantitative estimate of drug-likeness (QED) is 0.656. The van der Waals surface area contributed by atoms with E-state index in [9.17, 15) is 33.2 Å². The van der Waals surface area contributed by atoms with Crippen molar-refractivity contribution in [3.63, 3.8) is 0 Å². The predicted octanol–water partition coefficient (Wildman–Crippen LogP) is 1.52. The molecule has 9 nitrogen and oxygen atoms in total. The molecular formula is C12H14F3N5O4. The van der Waals surface area contributed by atoms with Crippen LogP contribution in [0.3, 0.4) is 0 Å². The third-order valence-electron chi connectivity index (χ3n) is 3.61. The van der Waals surface area contributed by atoms with Crippen LogP contribution in [0.1, 0.15) is 32.0 Å². The highest BCUT2D eigenvalue weighted by atomic mass is 19.4. The number of aromatic nitrogens is 2. The molecule has 2 atom stereocenters. The van der Waals surface area contributed by atoms with E-state index in [1.54, 1.807) is 0 Å². The lowest BCUT2D eigenvalue weighted by Crippen LogP contribution is -2.57. The summed E-state index contributed by atoms with van der Waals surface area (Å²) in [5.41, 5.74) is -3.31. The van der Waals surface area contributed by atoms with Crippen LogP contribution in [0.5, 0.6) is 0 Å². The first kappa shape index (κ1) is 17.8. The summed E-state index contributed by atoms with van der Waals surface area (Å²) < 4.78 is 40.4. The number of carbonyl (C=O) groups is 1. The fourth-order valence-electron chi connectivity index (χ4n) is 2.41. The number of amides is 1. The Kier molecular flexibility index (Phi) is 4.12. The third-order valence-corrected chi connectivity index (χ3v) is 3.61. The zero-order chi connectivity index (χ0) is 18.4. The van der Waals surface area contributed by atoms with Gasteiger partial charge in [0, 0.05) is 12.1 Å². The number of halogens is 3. The second-order valence-electron chi connectivity index (χ2n) is 5.50. The van der Waals surface area contributed by atoms with E-state index in [4.69, 9.17) is 0 Å². The summed E-state index contributed by atoms with van der Waals surface area (Å²) in [7, 11) is 0. The standard InChI is InChI=1S/C12H14F3N5O4/c1-6-5-11(22,12(13,14)15)19(16-6)10(21)8(3)18-7(2)4-9(17-18)20(23)24/h4,8,22H,5H2,1-3H3/t8-,11+/m1/s1. The van der Waals surface area contributed by atoms with E-state index in [1.165, 1.54) is 20.8 Å². The number of hydrazone groups is 1. The first-order valence-electron chi connectivity index (χ1n) is 6.76. The number of alkyl halides is 3. The second-order valence-corrected chi connectivity index (χ2v) is 5.50. The Balaban J connectivity index is 2.38. The van der Waals surface area contributed by atoms with E-state index in [2.05, 4.69) is 10.2 Å². The molecule has 0 spiro atoms. The van der Waals surface area contributed by atoms with Gasteiger partial charge in [-0.15, -0.1) is 0 Å². The van der Waals surface area contributed by atoms with Gasteiger partial charge >= 0.3 is 12.0 Å². The molecule has 0 radical (unpaired) electrons. The summed E-state index contributed by atoms with van der Waals surface area (Å²) in [5, 5.41) is 27.7. The van der Waals surface area contributed by atoms with E-state index in [0.29, 0.717) is 0 Å². The summed E-state index contributed by atoms with van der Waals surface area (Å²) >= 11 is 0. The van der Waals surface area contributed by atoms with E-state index in [0.717, 1.165) is 10.7 Å². The van der Waals surface area contributed by atoms with Crippen LogP contribution in [0, 0.1) is 17.0 Å². The fraction of sp³-hybridized carbons (Fsp3) is 0.583. The van der Waals surface area contributed by atoms with Gasteiger partial charge in [-0.2, -0.15) is 28.0 Å². The molecule has 0 aliphatic carbocycles. The van der Waals surface area contributed by atoms with Crippen LogP contribution < -0.4 is 0 Å². The molecule has 1 aliphatic heterocycles. The maximum atomic E-state index is 13.2. The maximum Gasteiger partial charge on any atom is 0.438 e. The number of hydrogen-bond acceptors (Lipinski definition) is 6. The van der Waals surface area contributed by atoms with Gasteiger partial charge in [-0.3, -0.25) is 4.79 Å². The van der Waals surface area contributed by atoms with Gasteiger partial charge in [0.15, 0.2) is 6.04 Å². The van der Waals surface area contributed by atoms with Crippen molar-refractivity contribution in [3.05, 3.63) is 21.9 Å². The topological polar surface area (TPSA) is 114 Å². The first-order valence-corrected chi connectivity index (χ1v) is 6.76. The van der Waals surface area contributed by atoms with Crippen LogP contribution in [0.2, 0.25) is 0 Å². The van der Waals surface area contributed by atoms with Gasteiger partial charge in [-0.25, -0.2) is 0 Å². The Hall–Kier alpha value is -2.50. The van der Waals surface area contributed by atoms with Crippen molar-refractivity contribution >= 4 is 17.4 Å². The van der Waals surface area contributed by atoms with E-state index < -0.39 is 41.0 Å². The Morgan fingerprint density at radius 1 is 1.50 bits per heavy atom. The fourth-order valence-corrected chi connectivity index (χ4v) is 2.41. The highest BCUT2D eigenvalue weighted by molar-refractivity contribution is 5.90. The minimum atomic E-state index is -5.12. The third kappa shape index (κ3) is 2.72. The van der Waals surface area contributed by atoms with Crippen molar-refractivity contribution in [1.82, 2.24) is 14.8 Å². The first-order chi connectivity index (χ1) is 10.9. The highest BCUT2D eigenvalue weighted by Crippen LogP contribution is 2.41. The van der Waals surface area contributed by atoms with Crippen molar-refractivity contribution in [1.29, 1.82) is 0 Å². The molecule has 0 saturated carbocycles. The van der Waals surface area contributed by atoms with Crippen molar-refractivity contribution < 1.29 is 28.0 Å². The van der Waals surface area contributed by atoms with E-state index in [1.807, 2.05) is 0 Å². The minimum absolute atomic E-state index is 0.0278. The molecular weight excluding hydrogens is 335 g/mol. The maximum absolute atomic E-state index is 13.2. The summed E-state index contributed by atoms with van der Waals surface area (Å²) in [4.78, 5) is 22.3. The van der Waals surface area contributed by atoms with E-state index in [-0.39, 0.29) is 16.4 Å². The van der Waals surface area contributed by atoms with Gasteiger partial charge < -0.3 is 15.2 Å². The molecule has 0 fully saturated rings. The molecule has 0 unspecified atom stereocenters. The summed E-state index contributed by atoms with van der Waals surface area (Å²) in [6.07, 6.45) is -5.98. The molecule has 2 heterocycles. The van der Waals surface area contributed by atoms with Gasteiger partial charge in [0.25, 0.3) is 11.6 Å². The van der Waals surface area contributed by atoms with Gasteiger partial charge in [-0.05, 0) is 25.7 Å². The molecule has 1 aliphatic rings. The Labute approximate surface area is 133 Å². The van der Waals surface area contributed by atoms with Crippen molar-refractivity contribution in [3.8, 4) is 0 Å². The molecule has 1 amide bonds. The molecule has 0 aromatic carbocycles. The van der Waals surface area contributed by atoms with E-state index >= 15 is 0 Å². The predicted molar refractivity (Wildman–Crippen MR) is 73.9 cm³/mol. The van der Waals surface area contributed by atoms with Gasteiger partial charge in [-0.1, -0.05) is 0 Å². The van der Waals surface area contributed by atoms with Gasteiger partial charge in [0.05, 0.1) is 16.9 Å². The molecule has 12 heteroatoms. The van der Waals surface area contributed by atoms with Crippen LogP contribution in [0.4, 0.5) is 19.0 Å². The normalized spacial score (nSPS) is 22.5. The average Bonchev–Trinajstić information content (AvgIpc) is 2.97. The monoisotopic (exact) mass is 349 g/mol. The average molecular weight is 349 g/mol. The van der Waals surface area contributed by atoms with Crippen LogP contribution >= 0.6 is 0 Å². The number of carbonyl (C=O) groups excluding carboxylic acids is 1. The summed E-state index contributed by atoms with van der Waals surface area (Å²) in [6.45, 7) is 3.88. The SMILES string of the molecule is CC1=NN(C(=O)[C@@H](C)n2nc([N+](=O)[O-])cc2C)[C@@](O)(C(F)(F)F)C1. The molecule has 1 aromatic heterocycles. The summed E-state index contributed by atoms with van der Waals surface area (Å²) in [5.74, 6) is -1.73. The minimum Gasteiger partial charge on any atom is -0.362 e. The molecule has 1 N–H and O–H groups in total. The molecule has 2 rings (SSSR count). The zero-order valence-corrected chi connectivity index (χ0v) is 12.9. The molecule has 0 saturated heterocycles. The smallest absolute Gasteiger partial charge is 0.362 e. The number of aryl methyl sites for hydroxylation is 1. The number of nitrogens with zero attached hydrogens (tertiary/aromatic N) is 5. The van der Waals surface area contributed by atoms with Crippen LogP contribution in [-0.4, -0.2) is 48.3 Å². The lowest BCUT2D eigenvalue weighted by atomic mass is 10.1. The largest absolute Gasteiger partial charge is 0.438 e. The molecule has 1 aromatic rings. The lowest BCUT2D eigenvalue weighted by Gasteiger charge is -2.33. The van der Waals surface area contributed by atoms with Crippen LogP contribution in [-0.2, 0) is 4.79 Å². The Bertz CT molecular complexity index is 729.